The van der Waals surface area contributed by atoms with Gasteiger partial charge in [-0.25, -0.2) is 4.39 Å². The van der Waals surface area contributed by atoms with Gasteiger partial charge in [0.25, 0.3) is 0 Å². The van der Waals surface area contributed by atoms with Crippen molar-refractivity contribution in [2.24, 2.45) is 0 Å². The van der Waals surface area contributed by atoms with Crippen LogP contribution in [-0.4, -0.2) is 35.8 Å². The Balaban J connectivity index is 1.47. The third-order valence-electron chi connectivity index (χ3n) is 4.30. The van der Waals surface area contributed by atoms with Crippen LogP contribution in [0.15, 0.2) is 53.0 Å². The van der Waals surface area contributed by atoms with Gasteiger partial charge >= 0.3 is 0 Å². The molecule has 0 aliphatic heterocycles. The van der Waals surface area contributed by atoms with Crippen molar-refractivity contribution in [2.75, 3.05) is 18.4 Å². The molecule has 7 heteroatoms. The summed E-state index contributed by atoms with van der Waals surface area (Å²) in [6.45, 7) is 0.709. The van der Waals surface area contributed by atoms with Gasteiger partial charge in [-0.2, -0.15) is 0 Å². The smallest absolute Gasteiger partial charge is 0.243 e. The molecule has 0 radical (unpaired) electrons. The van der Waals surface area contributed by atoms with E-state index in [9.17, 15) is 14.0 Å². The zero-order chi connectivity index (χ0) is 19.2. The highest BCUT2D eigenvalue weighted by Gasteiger charge is 2.30. The fourth-order valence-corrected chi connectivity index (χ4v) is 3.14. The molecule has 0 atom stereocenters. The van der Waals surface area contributed by atoms with Gasteiger partial charge in [-0.1, -0.05) is 24.3 Å². The summed E-state index contributed by atoms with van der Waals surface area (Å²) in [4.78, 5) is 26.3. The van der Waals surface area contributed by atoms with Gasteiger partial charge in [-0.3, -0.25) is 14.5 Å². The Labute approximate surface area is 166 Å². The molecule has 1 fully saturated rings. The summed E-state index contributed by atoms with van der Waals surface area (Å²) in [6.07, 6.45) is 2.11. The lowest BCUT2D eigenvalue weighted by Gasteiger charge is -2.21. The maximum absolute atomic E-state index is 13.0. The zero-order valence-corrected chi connectivity index (χ0v) is 16.3. The summed E-state index contributed by atoms with van der Waals surface area (Å²) in [6, 6.07) is 14.0. The van der Waals surface area contributed by atoms with Crippen molar-refractivity contribution in [3.63, 3.8) is 0 Å². The van der Waals surface area contributed by atoms with Crippen LogP contribution in [0.2, 0.25) is 0 Å². The molecule has 0 aromatic heterocycles. The highest BCUT2D eigenvalue weighted by Crippen LogP contribution is 2.28. The maximum Gasteiger partial charge on any atom is 0.243 e. The number of amides is 2. The molecular weight excluding hydrogens is 413 g/mol. The number of nitrogens with one attached hydrogen (secondary N) is 2. The second kappa shape index (κ2) is 9.10. The predicted molar refractivity (Wildman–Crippen MR) is 106 cm³/mol. The monoisotopic (exact) mass is 433 g/mol. The molecule has 0 unspecified atom stereocenters. The molecule has 0 heterocycles. The Bertz CT molecular complexity index is 809. The summed E-state index contributed by atoms with van der Waals surface area (Å²) in [5.41, 5.74) is 1.62. The van der Waals surface area contributed by atoms with Crippen molar-refractivity contribution in [1.29, 1.82) is 0 Å². The summed E-state index contributed by atoms with van der Waals surface area (Å²) in [5.74, 6) is -0.761. The fourth-order valence-electron chi connectivity index (χ4n) is 2.75. The number of nitrogens with zero attached hydrogens (tertiary/aromatic N) is 1. The number of carbonyl (C=O) groups excluding carboxylic acids is 2. The van der Waals surface area contributed by atoms with Crippen LogP contribution < -0.4 is 10.6 Å². The Morgan fingerprint density at radius 3 is 2.44 bits per heavy atom. The van der Waals surface area contributed by atoms with Crippen molar-refractivity contribution in [3.8, 4) is 0 Å². The molecule has 27 heavy (non-hydrogen) atoms. The normalized spacial score (nSPS) is 13.4. The molecule has 5 nitrogen and oxygen atoms in total. The molecule has 2 aromatic carbocycles. The summed E-state index contributed by atoms with van der Waals surface area (Å²) in [7, 11) is 0. The van der Waals surface area contributed by atoms with Crippen molar-refractivity contribution in [2.45, 2.75) is 25.4 Å². The predicted octanol–water partition coefficient (Wildman–Crippen LogP) is 3.31. The number of hydrogen-bond acceptors (Lipinski definition) is 3. The minimum absolute atomic E-state index is 0.0881. The maximum atomic E-state index is 13.0. The van der Waals surface area contributed by atoms with Crippen LogP contribution in [0.1, 0.15) is 18.4 Å². The molecule has 2 N–H and O–H groups in total. The van der Waals surface area contributed by atoms with E-state index in [0.717, 1.165) is 22.9 Å². The number of halogens is 2. The summed E-state index contributed by atoms with van der Waals surface area (Å²) in [5, 5.41) is 5.41. The van der Waals surface area contributed by atoms with Gasteiger partial charge in [0.15, 0.2) is 0 Å². The van der Waals surface area contributed by atoms with E-state index in [0.29, 0.717) is 18.3 Å². The van der Waals surface area contributed by atoms with Gasteiger partial charge in [0.2, 0.25) is 11.8 Å². The molecule has 1 saturated carbocycles. The second-order valence-corrected chi connectivity index (χ2v) is 7.42. The number of rotatable bonds is 8. The SMILES string of the molecule is O=C(CN(Cc1ccc(F)cc1)C1CC1)NCC(=O)Nc1ccccc1Br. The van der Waals surface area contributed by atoms with Gasteiger partial charge in [-0.15, -0.1) is 0 Å². The van der Waals surface area contributed by atoms with E-state index in [-0.39, 0.29) is 30.7 Å². The van der Waals surface area contributed by atoms with Crippen molar-refractivity contribution in [1.82, 2.24) is 10.2 Å². The van der Waals surface area contributed by atoms with Crippen LogP contribution in [-0.2, 0) is 16.1 Å². The second-order valence-electron chi connectivity index (χ2n) is 6.57. The lowest BCUT2D eigenvalue weighted by Crippen LogP contribution is -2.41. The van der Waals surface area contributed by atoms with Crippen LogP contribution >= 0.6 is 15.9 Å². The Morgan fingerprint density at radius 2 is 1.78 bits per heavy atom. The topological polar surface area (TPSA) is 61.4 Å². The number of benzene rings is 2. The zero-order valence-electron chi connectivity index (χ0n) is 14.8. The molecule has 2 aromatic rings. The Morgan fingerprint density at radius 1 is 1.07 bits per heavy atom. The van der Waals surface area contributed by atoms with E-state index in [1.165, 1.54) is 12.1 Å². The van der Waals surface area contributed by atoms with Crippen LogP contribution in [0.4, 0.5) is 10.1 Å². The van der Waals surface area contributed by atoms with Gasteiger partial charge in [0.05, 0.1) is 18.8 Å². The number of hydrogen-bond donors (Lipinski definition) is 2. The Hall–Kier alpha value is -2.25. The molecule has 1 aliphatic rings. The van der Waals surface area contributed by atoms with E-state index in [1.807, 2.05) is 18.2 Å². The molecule has 0 spiro atoms. The van der Waals surface area contributed by atoms with Crippen molar-refractivity contribution >= 4 is 33.4 Å². The van der Waals surface area contributed by atoms with Gasteiger partial charge in [-0.05, 0) is 58.6 Å². The average molecular weight is 434 g/mol. The summed E-state index contributed by atoms with van der Waals surface area (Å²) < 4.78 is 13.8. The molecule has 0 bridgehead atoms. The number of para-hydroxylation sites is 1. The lowest BCUT2D eigenvalue weighted by molar-refractivity contribution is -0.125. The van der Waals surface area contributed by atoms with E-state index in [1.54, 1.807) is 18.2 Å². The van der Waals surface area contributed by atoms with E-state index in [4.69, 9.17) is 0 Å². The fraction of sp³-hybridized carbons (Fsp3) is 0.300. The van der Waals surface area contributed by atoms with E-state index in [2.05, 4.69) is 31.5 Å². The first-order valence-electron chi connectivity index (χ1n) is 8.81. The first-order valence-corrected chi connectivity index (χ1v) is 9.60. The van der Waals surface area contributed by atoms with Crippen LogP contribution in [0.5, 0.6) is 0 Å². The molecule has 1 aliphatic carbocycles. The molecular formula is C20H21BrFN3O2. The van der Waals surface area contributed by atoms with Gasteiger partial charge in [0.1, 0.15) is 5.82 Å². The molecule has 142 valence electrons. The average Bonchev–Trinajstić information content (AvgIpc) is 3.48. The lowest BCUT2D eigenvalue weighted by atomic mass is 10.2. The highest BCUT2D eigenvalue weighted by molar-refractivity contribution is 9.10. The first kappa shape index (κ1) is 19.5. The van der Waals surface area contributed by atoms with E-state index < -0.39 is 0 Å². The molecule has 2 amide bonds. The third kappa shape index (κ3) is 6.15. The van der Waals surface area contributed by atoms with Crippen molar-refractivity contribution in [3.05, 3.63) is 64.4 Å². The molecule has 3 rings (SSSR count). The van der Waals surface area contributed by atoms with Crippen LogP contribution in [0, 0.1) is 5.82 Å². The number of anilines is 1. The van der Waals surface area contributed by atoms with Crippen molar-refractivity contribution < 1.29 is 14.0 Å². The van der Waals surface area contributed by atoms with Crippen LogP contribution in [0.3, 0.4) is 0 Å². The minimum atomic E-state index is -0.285. The third-order valence-corrected chi connectivity index (χ3v) is 4.99. The van der Waals surface area contributed by atoms with Crippen LogP contribution in [0.25, 0.3) is 0 Å². The van der Waals surface area contributed by atoms with Gasteiger partial charge < -0.3 is 10.6 Å². The largest absolute Gasteiger partial charge is 0.346 e. The minimum Gasteiger partial charge on any atom is -0.346 e. The standard InChI is InChI=1S/C20H21BrFN3O2/c21-17-3-1-2-4-18(17)24-19(26)11-23-20(27)13-25(16-9-10-16)12-14-5-7-15(22)8-6-14/h1-8,16H,9-13H2,(H,23,27)(H,24,26). The van der Waals surface area contributed by atoms with E-state index >= 15 is 0 Å². The Kier molecular flexibility index (Phi) is 6.58. The van der Waals surface area contributed by atoms with Gasteiger partial charge in [0, 0.05) is 17.1 Å². The number of carbonyl (C=O) groups is 2. The first-order chi connectivity index (χ1) is 13.0. The quantitative estimate of drug-likeness (QED) is 0.671. The highest BCUT2D eigenvalue weighted by atomic mass is 79.9. The summed E-state index contributed by atoms with van der Waals surface area (Å²) >= 11 is 3.36. The molecule has 0 saturated heterocycles.